The molecule has 1 aromatic carbocycles. The Bertz CT molecular complexity index is 462. The summed E-state index contributed by atoms with van der Waals surface area (Å²) in [6.07, 6.45) is 7.45. The van der Waals surface area contributed by atoms with E-state index in [2.05, 4.69) is 6.92 Å². The van der Waals surface area contributed by atoms with E-state index in [0.29, 0.717) is 5.75 Å². The van der Waals surface area contributed by atoms with Crippen molar-refractivity contribution in [3.05, 3.63) is 18.2 Å². The lowest BCUT2D eigenvalue weighted by Gasteiger charge is -2.29. The lowest BCUT2D eigenvalue weighted by molar-refractivity contribution is -0.116. The van der Waals surface area contributed by atoms with Gasteiger partial charge in [-0.3, -0.25) is 4.79 Å². The molecule has 0 radical (unpaired) electrons. The standard InChI is InChI=1S/C16H24N2OS/c1-2-3-4-5-6-7-10-18-14-11-13(17)8-9-15(14)20-12-16(18)19/h8-9,11H,2-7,10,12,17H2,1H3. The summed E-state index contributed by atoms with van der Waals surface area (Å²) in [7, 11) is 0. The molecule has 0 aliphatic carbocycles. The number of fused-ring (bicyclic) bond motifs is 1. The first-order valence-electron chi connectivity index (χ1n) is 7.55. The second-order valence-electron chi connectivity index (χ2n) is 5.33. The highest BCUT2D eigenvalue weighted by Crippen LogP contribution is 2.36. The van der Waals surface area contributed by atoms with Crippen LogP contribution in [0.15, 0.2) is 23.1 Å². The van der Waals surface area contributed by atoms with Gasteiger partial charge in [0, 0.05) is 17.1 Å². The topological polar surface area (TPSA) is 46.3 Å². The van der Waals surface area contributed by atoms with E-state index in [-0.39, 0.29) is 5.91 Å². The monoisotopic (exact) mass is 292 g/mol. The number of thioether (sulfide) groups is 1. The number of hydrogen-bond acceptors (Lipinski definition) is 3. The molecule has 0 atom stereocenters. The Kier molecular flexibility index (Phi) is 5.77. The molecule has 1 aromatic rings. The predicted molar refractivity (Wildman–Crippen MR) is 87.3 cm³/mol. The molecule has 0 saturated carbocycles. The average Bonchev–Trinajstić information content (AvgIpc) is 2.44. The summed E-state index contributed by atoms with van der Waals surface area (Å²) in [6, 6.07) is 5.86. The molecule has 0 spiro atoms. The Morgan fingerprint density at radius 1 is 1.20 bits per heavy atom. The maximum atomic E-state index is 12.1. The number of nitrogens with zero attached hydrogens (tertiary/aromatic N) is 1. The molecule has 0 aromatic heterocycles. The van der Waals surface area contributed by atoms with Gasteiger partial charge in [-0.2, -0.15) is 0 Å². The van der Waals surface area contributed by atoms with Crippen molar-refractivity contribution >= 4 is 29.0 Å². The summed E-state index contributed by atoms with van der Waals surface area (Å²) >= 11 is 1.61. The van der Waals surface area contributed by atoms with Crippen LogP contribution >= 0.6 is 11.8 Å². The molecule has 2 rings (SSSR count). The minimum atomic E-state index is 0.210. The van der Waals surface area contributed by atoms with E-state index < -0.39 is 0 Å². The van der Waals surface area contributed by atoms with Gasteiger partial charge in [0.1, 0.15) is 0 Å². The van der Waals surface area contributed by atoms with E-state index in [1.807, 2.05) is 23.1 Å². The van der Waals surface area contributed by atoms with Crippen molar-refractivity contribution in [2.75, 3.05) is 22.9 Å². The Labute approximate surface area is 125 Å². The summed E-state index contributed by atoms with van der Waals surface area (Å²) in [6.45, 7) is 3.05. The molecule has 110 valence electrons. The summed E-state index contributed by atoms with van der Waals surface area (Å²) in [4.78, 5) is 15.2. The van der Waals surface area contributed by atoms with Gasteiger partial charge < -0.3 is 10.6 Å². The zero-order chi connectivity index (χ0) is 14.4. The Morgan fingerprint density at radius 2 is 1.95 bits per heavy atom. The molecular weight excluding hydrogens is 268 g/mol. The van der Waals surface area contributed by atoms with Crippen LogP contribution in [0.5, 0.6) is 0 Å². The minimum Gasteiger partial charge on any atom is -0.399 e. The van der Waals surface area contributed by atoms with Crippen molar-refractivity contribution in [3.63, 3.8) is 0 Å². The zero-order valence-corrected chi connectivity index (χ0v) is 13.0. The van der Waals surface area contributed by atoms with E-state index in [9.17, 15) is 4.79 Å². The maximum Gasteiger partial charge on any atom is 0.237 e. The van der Waals surface area contributed by atoms with Gasteiger partial charge in [0.25, 0.3) is 0 Å². The number of carbonyl (C=O) groups excluding carboxylic acids is 1. The number of nitrogens with two attached hydrogens (primary N) is 1. The van der Waals surface area contributed by atoms with Crippen LogP contribution in [-0.2, 0) is 4.79 Å². The zero-order valence-electron chi connectivity index (χ0n) is 12.2. The number of benzene rings is 1. The number of carbonyl (C=O) groups is 1. The molecule has 1 aliphatic heterocycles. The van der Waals surface area contributed by atoms with E-state index in [4.69, 9.17) is 5.73 Å². The SMILES string of the molecule is CCCCCCCCN1C(=O)CSc2ccc(N)cc21. The van der Waals surface area contributed by atoms with E-state index in [1.54, 1.807) is 11.8 Å². The van der Waals surface area contributed by atoms with Crippen molar-refractivity contribution in [2.45, 2.75) is 50.3 Å². The van der Waals surface area contributed by atoms with Crippen molar-refractivity contribution in [1.82, 2.24) is 0 Å². The van der Waals surface area contributed by atoms with Gasteiger partial charge in [-0.15, -0.1) is 11.8 Å². The summed E-state index contributed by atoms with van der Waals surface area (Å²) in [5, 5.41) is 0. The number of rotatable bonds is 7. The van der Waals surface area contributed by atoms with Gasteiger partial charge in [0.2, 0.25) is 5.91 Å². The molecule has 0 fully saturated rings. The van der Waals surface area contributed by atoms with Gasteiger partial charge >= 0.3 is 0 Å². The highest BCUT2D eigenvalue weighted by atomic mass is 32.2. The van der Waals surface area contributed by atoms with Crippen molar-refractivity contribution in [1.29, 1.82) is 0 Å². The maximum absolute atomic E-state index is 12.1. The number of amides is 1. The van der Waals surface area contributed by atoms with Crippen molar-refractivity contribution in [2.24, 2.45) is 0 Å². The average molecular weight is 292 g/mol. The molecule has 1 heterocycles. The van der Waals surface area contributed by atoms with Crippen LogP contribution < -0.4 is 10.6 Å². The Balaban J connectivity index is 1.90. The highest BCUT2D eigenvalue weighted by Gasteiger charge is 2.24. The van der Waals surface area contributed by atoms with Gasteiger partial charge in [-0.1, -0.05) is 39.0 Å². The second kappa shape index (κ2) is 7.58. The van der Waals surface area contributed by atoms with Crippen LogP contribution in [0.4, 0.5) is 11.4 Å². The van der Waals surface area contributed by atoms with Crippen LogP contribution in [0.1, 0.15) is 45.4 Å². The first-order chi connectivity index (χ1) is 9.72. The number of hydrogen-bond donors (Lipinski definition) is 1. The molecule has 1 amide bonds. The molecule has 1 aliphatic rings. The van der Waals surface area contributed by atoms with E-state index >= 15 is 0 Å². The fraction of sp³-hybridized carbons (Fsp3) is 0.562. The largest absolute Gasteiger partial charge is 0.399 e. The smallest absolute Gasteiger partial charge is 0.237 e. The summed E-state index contributed by atoms with van der Waals surface area (Å²) < 4.78 is 0. The minimum absolute atomic E-state index is 0.210. The lowest BCUT2D eigenvalue weighted by atomic mass is 10.1. The summed E-state index contributed by atoms with van der Waals surface area (Å²) in [5.74, 6) is 0.758. The van der Waals surface area contributed by atoms with Crippen LogP contribution in [0.2, 0.25) is 0 Å². The van der Waals surface area contributed by atoms with E-state index in [0.717, 1.165) is 24.3 Å². The molecule has 0 saturated heterocycles. The van der Waals surface area contributed by atoms with Crippen LogP contribution in [0.25, 0.3) is 0 Å². The third-order valence-electron chi connectivity index (χ3n) is 3.66. The van der Waals surface area contributed by atoms with Gasteiger partial charge in [0.05, 0.1) is 11.4 Å². The van der Waals surface area contributed by atoms with Gasteiger partial charge in [-0.05, 0) is 24.6 Å². The Morgan fingerprint density at radius 3 is 2.75 bits per heavy atom. The predicted octanol–water partition coefficient (Wildman–Crippen LogP) is 4.07. The third kappa shape index (κ3) is 3.92. The highest BCUT2D eigenvalue weighted by molar-refractivity contribution is 8.00. The fourth-order valence-corrected chi connectivity index (χ4v) is 3.43. The van der Waals surface area contributed by atoms with Crippen molar-refractivity contribution in [3.8, 4) is 0 Å². The quantitative estimate of drug-likeness (QED) is 0.608. The number of unbranched alkanes of at least 4 members (excludes halogenated alkanes) is 5. The number of nitrogen functional groups attached to an aromatic ring is 1. The van der Waals surface area contributed by atoms with Crippen LogP contribution in [-0.4, -0.2) is 18.2 Å². The molecule has 2 N–H and O–H groups in total. The molecule has 0 unspecified atom stereocenters. The second-order valence-corrected chi connectivity index (χ2v) is 6.35. The number of anilines is 2. The molecule has 4 heteroatoms. The summed E-state index contributed by atoms with van der Waals surface area (Å²) in [5.41, 5.74) is 7.58. The third-order valence-corrected chi connectivity index (χ3v) is 4.71. The molecular formula is C16H24N2OS. The van der Waals surface area contributed by atoms with Gasteiger partial charge in [0.15, 0.2) is 0 Å². The normalized spacial score (nSPS) is 14.4. The molecule has 0 bridgehead atoms. The van der Waals surface area contributed by atoms with Gasteiger partial charge in [-0.25, -0.2) is 0 Å². The lowest BCUT2D eigenvalue weighted by Crippen LogP contribution is -2.36. The first kappa shape index (κ1) is 15.2. The Hall–Kier alpha value is -1.16. The molecule has 3 nitrogen and oxygen atoms in total. The fourth-order valence-electron chi connectivity index (χ4n) is 2.51. The first-order valence-corrected chi connectivity index (χ1v) is 8.53. The van der Waals surface area contributed by atoms with E-state index in [1.165, 1.54) is 37.0 Å². The van der Waals surface area contributed by atoms with Crippen molar-refractivity contribution < 1.29 is 4.79 Å². The van der Waals surface area contributed by atoms with Crippen LogP contribution in [0, 0.1) is 0 Å². The molecule has 20 heavy (non-hydrogen) atoms. The van der Waals surface area contributed by atoms with Crippen LogP contribution in [0.3, 0.4) is 0 Å².